The Kier molecular flexibility index (Phi) is 6.57. The molecule has 0 bridgehead atoms. The van der Waals surface area contributed by atoms with Crippen LogP contribution in [0.15, 0.2) is 65.1 Å². The van der Waals surface area contributed by atoms with Crippen LogP contribution in [-0.4, -0.2) is 29.9 Å². The van der Waals surface area contributed by atoms with Crippen molar-refractivity contribution >= 4 is 34.9 Å². The number of furan rings is 1. The number of carbonyl (C=O) groups is 2. The van der Waals surface area contributed by atoms with E-state index in [0.29, 0.717) is 22.2 Å². The number of amides is 3. The van der Waals surface area contributed by atoms with E-state index in [1.54, 1.807) is 42.5 Å². The predicted octanol–water partition coefficient (Wildman–Crippen LogP) is 6.26. The first-order chi connectivity index (χ1) is 15.1. The number of urea groups is 1. The van der Waals surface area contributed by atoms with Crippen LogP contribution in [-0.2, 0) is 0 Å². The first-order valence-corrected chi connectivity index (χ1v) is 10.8. The third kappa shape index (κ3) is 5.27. The summed E-state index contributed by atoms with van der Waals surface area (Å²) in [6.07, 6.45) is 4.44. The summed E-state index contributed by atoms with van der Waals surface area (Å²) in [4.78, 5) is 26.8. The Morgan fingerprint density at radius 1 is 0.806 bits per heavy atom. The quantitative estimate of drug-likeness (QED) is 0.505. The lowest BCUT2D eigenvalue weighted by Crippen LogP contribution is -2.35. The van der Waals surface area contributed by atoms with Gasteiger partial charge in [-0.25, -0.2) is 4.79 Å². The summed E-state index contributed by atoms with van der Waals surface area (Å²) in [5.41, 5.74) is 2.02. The Hall–Kier alpha value is -3.25. The van der Waals surface area contributed by atoms with Gasteiger partial charge in [0.2, 0.25) is 0 Å². The highest BCUT2D eigenvalue weighted by atomic mass is 35.5. The van der Waals surface area contributed by atoms with Gasteiger partial charge in [-0.05, 0) is 61.4 Å². The van der Waals surface area contributed by atoms with Gasteiger partial charge in [-0.3, -0.25) is 4.79 Å². The molecule has 7 heteroatoms. The maximum atomic E-state index is 12.5. The van der Waals surface area contributed by atoms with Gasteiger partial charge < -0.3 is 20.0 Å². The molecule has 31 heavy (non-hydrogen) atoms. The first-order valence-electron chi connectivity index (χ1n) is 10.4. The summed E-state index contributed by atoms with van der Waals surface area (Å²) in [7, 11) is 0. The maximum Gasteiger partial charge on any atom is 0.321 e. The van der Waals surface area contributed by atoms with E-state index >= 15 is 0 Å². The largest absolute Gasteiger partial charge is 0.451 e. The predicted molar refractivity (Wildman–Crippen MR) is 123 cm³/mol. The molecule has 1 aliphatic rings. The molecule has 1 aromatic heterocycles. The highest BCUT2D eigenvalue weighted by Gasteiger charge is 2.16. The van der Waals surface area contributed by atoms with Crippen molar-refractivity contribution in [3.8, 4) is 11.3 Å². The maximum absolute atomic E-state index is 12.5. The van der Waals surface area contributed by atoms with Gasteiger partial charge in [0.15, 0.2) is 5.76 Å². The summed E-state index contributed by atoms with van der Waals surface area (Å²) in [6, 6.07) is 17.6. The fraction of sp³-hybridized carbons (Fsp3) is 0.250. The van der Waals surface area contributed by atoms with E-state index in [1.807, 2.05) is 23.1 Å². The van der Waals surface area contributed by atoms with Crippen molar-refractivity contribution in [1.82, 2.24) is 4.90 Å². The minimum atomic E-state index is -0.361. The van der Waals surface area contributed by atoms with Crippen molar-refractivity contribution in [3.05, 3.63) is 71.4 Å². The van der Waals surface area contributed by atoms with Crippen LogP contribution < -0.4 is 10.6 Å². The number of nitrogens with one attached hydrogen (secondary N) is 2. The number of nitrogens with zero attached hydrogens (tertiary/aromatic N) is 1. The Labute approximate surface area is 186 Å². The topological polar surface area (TPSA) is 74.6 Å². The average Bonchev–Trinajstić information content (AvgIpc) is 3.10. The van der Waals surface area contributed by atoms with Crippen molar-refractivity contribution in [1.29, 1.82) is 0 Å². The zero-order valence-electron chi connectivity index (χ0n) is 17.1. The number of benzene rings is 2. The van der Waals surface area contributed by atoms with Crippen molar-refractivity contribution in [2.45, 2.75) is 25.7 Å². The van der Waals surface area contributed by atoms with Gasteiger partial charge in [-0.1, -0.05) is 36.6 Å². The van der Waals surface area contributed by atoms with Crippen LogP contribution in [0, 0.1) is 0 Å². The van der Waals surface area contributed by atoms with Gasteiger partial charge >= 0.3 is 6.03 Å². The standard InChI is InChI=1S/C24H24ClN3O3/c25-20-8-4-3-7-19(20)21-13-14-22(31-21)23(29)26-17-9-11-18(12-10-17)27-24(30)28-15-5-1-2-6-16-28/h3-4,7-14H,1-2,5-6,15-16H2,(H,26,29)(H,27,30). The Bertz CT molecular complexity index is 1050. The summed E-state index contributed by atoms with van der Waals surface area (Å²) in [5.74, 6) is 0.357. The summed E-state index contributed by atoms with van der Waals surface area (Å²) in [5, 5.41) is 6.28. The molecule has 1 fully saturated rings. The fourth-order valence-corrected chi connectivity index (χ4v) is 3.80. The molecule has 0 saturated carbocycles. The Morgan fingerprint density at radius 3 is 2.13 bits per heavy atom. The number of anilines is 2. The zero-order chi connectivity index (χ0) is 21.6. The van der Waals surface area contributed by atoms with Crippen molar-refractivity contribution in [2.75, 3.05) is 23.7 Å². The Morgan fingerprint density at radius 2 is 1.45 bits per heavy atom. The SMILES string of the molecule is O=C(Nc1ccc(NC(=O)N2CCCCCC2)cc1)c1ccc(-c2ccccc2Cl)o1. The number of hydrogen-bond donors (Lipinski definition) is 2. The monoisotopic (exact) mass is 437 g/mol. The molecular weight excluding hydrogens is 414 g/mol. The molecule has 2 N–H and O–H groups in total. The number of carbonyl (C=O) groups excluding carboxylic acids is 2. The van der Waals surface area contributed by atoms with Gasteiger partial charge in [-0.2, -0.15) is 0 Å². The average molecular weight is 438 g/mol. The highest BCUT2D eigenvalue weighted by molar-refractivity contribution is 6.33. The molecule has 0 spiro atoms. The van der Waals surface area contributed by atoms with E-state index in [4.69, 9.17) is 16.0 Å². The van der Waals surface area contributed by atoms with Gasteiger partial charge in [0.25, 0.3) is 5.91 Å². The molecule has 160 valence electrons. The van der Waals surface area contributed by atoms with Gasteiger partial charge in [-0.15, -0.1) is 0 Å². The molecule has 2 heterocycles. The lowest BCUT2D eigenvalue weighted by molar-refractivity contribution is 0.0997. The molecule has 0 atom stereocenters. The van der Waals surface area contributed by atoms with Crippen LogP contribution in [0.1, 0.15) is 36.2 Å². The number of hydrogen-bond acceptors (Lipinski definition) is 3. The van der Waals surface area contributed by atoms with E-state index in [-0.39, 0.29) is 17.7 Å². The second-order valence-corrected chi connectivity index (χ2v) is 7.91. The fourth-order valence-electron chi connectivity index (χ4n) is 3.57. The van der Waals surface area contributed by atoms with Crippen LogP contribution in [0.2, 0.25) is 5.02 Å². The molecular formula is C24H24ClN3O3. The molecule has 6 nitrogen and oxygen atoms in total. The molecule has 1 aliphatic heterocycles. The zero-order valence-corrected chi connectivity index (χ0v) is 17.8. The third-order valence-electron chi connectivity index (χ3n) is 5.26. The molecule has 2 aromatic carbocycles. The lowest BCUT2D eigenvalue weighted by atomic mass is 10.2. The molecule has 0 radical (unpaired) electrons. The van der Waals surface area contributed by atoms with Crippen molar-refractivity contribution in [3.63, 3.8) is 0 Å². The van der Waals surface area contributed by atoms with Gasteiger partial charge in [0.05, 0.1) is 5.02 Å². The highest BCUT2D eigenvalue weighted by Crippen LogP contribution is 2.29. The van der Waals surface area contributed by atoms with E-state index in [9.17, 15) is 9.59 Å². The van der Waals surface area contributed by atoms with Crippen molar-refractivity contribution in [2.24, 2.45) is 0 Å². The first kappa shape index (κ1) is 21.0. The molecule has 3 aromatic rings. The minimum absolute atomic E-state index is 0.0821. The smallest absolute Gasteiger partial charge is 0.321 e. The lowest BCUT2D eigenvalue weighted by Gasteiger charge is -2.20. The molecule has 0 unspecified atom stereocenters. The van der Waals surface area contributed by atoms with Crippen molar-refractivity contribution < 1.29 is 14.0 Å². The molecule has 1 saturated heterocycles. The van der Waals surface area contributed by atoms with Crippen LogP contribution in [0.4, 0.5) is 16.2 Å². The van der Waals surface area contributed by atoms with Crippen LogP contribution in [0.25, 0.3) is 11.3 Å². The summed E-state index contributed by atoms with van der Waals surface area (Å²) in [6.45, 7) is 1.58. The number of rotatable bonds is 4. The van der Waals surface area contributed by atoms with E-state index in [0.717, 1.165) is 31.5 Å². The Balaban J connectivity index is 1.36. The minimum Gasteiger partial charge on any atom is -0.451 e. The summed E-state index contributed by atoms with van der Waals surface area (Å²) >= 11 is 6.19. The molecule has 0 aliphatic carbocycles. The van der Waals surface area contributed by atoms with Crippen LogP contribution >= 0.6 is 11.6 Å². The van der Waals surface area contributed by atoms with Gasteiger partial charge in [0, 0.05) is 30.0 Å². The second kappa shape index (κ2) is 9.71. The van der Waals surface area contributed by atoms with Crippen LogP contribution in [0.3, 0.4) is 0 Å². The number of halogens is 1. The summed E-state index contributed by atoms with van der Waals surface area (Å²) < 4.78 is 5.68. The number of likely N-dealkylation sites (tertiary alicyclic amines) is 1. The second-order valence-electron chi connectivity index (χ2n) is 7.51. The van der Waals surface area contributed by atoms with Gasteiger partial charge in [0.1, 0.15) is 5.76 Å². The van der Waals surface area contributed by atoms with E-state index in [2.05, 4.69) is 10.6 Å². The van der Waals surface area contributed by atoms with E-state index < -0.39 is 0 Å². The van der Waals surface area contributed by atoms with Crippen LogP contribution in [0.5, 0.6) is 0 Å². The molecule has 3 amide bonds. The normalized spacial score (nSPS) is 14.0. The van der Waals surface area contributed by atoms with E-state index in [1.165, 1.54) is 12.8 Å². The molecule has 4 rings (SSSR count). The third-order valence-corrected chi connectivity index (χ3v) is 5.59.